The van der Waals surface area contributed by atoms with Crippen LogP contribution in [0.25, 0.3) is 0 Å². The number of hydrogen-bond acceptors (Lipinski definition) is 2. The van der Waals surface area contributed by atoms with Crippen molar-refractivity contribution in [2.75, 3.05) is 0 Å². The van der Waals surface area contributed by atoms with Gasteiger partial charge in [-0.1, -0.05) is 12.5 Å². The second-order valence-corrected chi connectivity index (χ2v) is 5.60. The molecule has 18 heavy (non-hydrogen) atoms. The van der Waals surface area contributed by atoms with E-state index in [-0.39, 0.29) is 11.9 Å². The summed E-state index contributed by atoms with van der Waals surface area (Å²) in [5.41, 5.74) is 1.10. The monoisotopic (exact) mass is 266 g/mol. The number of rotatable bonds is 4. The first-order valence-corrected chi connectivity index (χ1v) is 6.95. The van der Waals surface area contributed by atoms with E-state index in [9.17, 15) is 4.79 Å². The van der Waals surface area contributed by atoms with E-state index in [4.69, 9.17) is 11.6 Å². The molecule has 3 unspecified atom stereocenters. The molecule has 0 aliphatic heterocycles. The molecule has 4 heteroatoms. The molecule has 0 bridgehead atoms. The zero-order valence-corrected chi connectivity index (χ0v) is 11.4. The molecule has 1 aliphatic rings. The summed E-state index contributed by atoms with van der Waals surface area (Å²) in [7, 11) is 0. The minimum atomic E-state index is -0.457. The van der Waals surface area contributed by atoms with Crippen LogP contribution < -0.4 is 5.32 Å². The summed E-state index contributed by atoms with van der Waals surface area (Å²) in [5.74, 6) is 0.425. The smallest absolute Gasteiger partial charge is 0.237 e. The van der Waals surface area contributed by atoms with Gasteiger partial charge in [0, 0.05) is 17.9 Å². The summed E-state index contributed by atoms with van der Waals surface area (Å²) in [5, 5.41) is 2.59. The molecule has 0 aromatic carbocycles. The third-order valence-corrected chi connectivity index (χ3v) is 3.74. The normalized spacial score (nSPS) is 24.8. The minimum absolute atomic E-state index is 0.0606. The molecule has 3 nitrogen and oxygen atoms in total. The highest BCUT2D eigenvalue weighted by molar-refractivity contribution is 6.30. The Morgan fingerprint density at radius 2 is 2.39 bits per heavy atom. The van der Waals surface area contributed by atoms with E-state index in [1.807, 2.05) is 24.4 Å². The summed E-state index contributed by atoms with van der Waals surface area (Å²) in [6.45, 7) is 1.71. The van der Waals surface area contributed by atoms with Gasteiger partial charge < -0.3 is 5.32 Å². The van der Waals surface area contributed by atoms with Crippen LogP contribution in [-0.4, -0.2) is 22.3 Å². The number of pyridine rings is 1. The largest absolute Gasteiger partial charge is 0.352 e. The molecular weight excluding hydrogens is 248 g/mol. The van der Waals surface area contributed by atoms with Crippen LogP contribution in [0.4, 0.5) is 0 Å². The molecule has 1 saturated carbocycles. The van der Waals surface area contributed by atoms with Gasteiger partial charge in [-0.05, 0) is 44.2 Å². The van der Waals surface area contributed by atoms with E-state index in [0.717, 1.165) is 25.0 Å². The highest BCUT2D eigenvalue weighted by Crippen LogP contribution is 2.28. The van der Waals surface area contributed by atoms with Gasteiger partial charge in [-0.2, -0.15) is 0 Å². The fraction of sp³-hybridized carbons (Fsp3) is 0.571. The van der Waals surface area contributed by atoms with Crippen LogP contribution in [0.1, 0.15) is 31.9 Å². The van der Waals surface area contributed by atoms with Crippen molar-refractivity contribution < 1.29 is 4.79 Å². The van der Waals surface area contributed by atoms with Gasteiger partial charge in [-0.3, -0.25) is 9.78 Å². The zero-order chi connectivity index (χ0) is 13.0. The van der Waals surface area contributed by atoms with E-state index < -0.39 is 5.38 Å². The van der Waals surface area contributed by atoms with Crippen LogP contribution in [-0.2, 0) is 11.2 Å². The Morgan fingerprint density at radius 3 is 3.06 bits per heavy atom. The Morgan fingerprint density at radius 1 is 1.56 bits per heavy atom. The van der Waals surface area contributed by atoms with Gasteiger partial charge in [0.05, 0.1) is 0 Å². The van der Waals surface area contributed by atoms with E-state index in [1.54, 1.807) is 6.92 Å². The van der Waals surface area contributed by atoms with Gasteiger partial charge in [-0.25, -0.2) is 0 Å². The molecule has 3 atom stereocenters. The van der Waals surface area contributed by atoms with Gasteiger partial charge in [0.1, 0.15) is 5.38 Å². The minimum Gasteiger partial charge on any atom is -0.352 e. The van der Waals surface area contributed by atoms with Crippen molar-refractivity contribution in [1.82, 2.24) is 10.3 Å². The Hall–Kier alpha value is -1.09. The van der Waals surface area contributed by atoms with E-state index in [2.05, 4.69) is 10.3 Å². The molecule has 1 amide bonds. The van der Waals surface area contributed by atoms with Crippen molar-refractivity contribution in [3.05, 3.63) is 30.1 Å². The fourth-order valence-electron chi connectivity index (χ4n) is 2.56. The Kier molecular flexibility index (Phi) is 4.59. The first-order chi connectivity index (χ1) is 8.66. The van der Waals surface area contributed by atoms with Crippen LogP contribution in [0.5, 0.6) is 0 Å². The van der Waals surface area contributed by atoms with E-state index >= 15 is 0 Å². The van der Waals surface area contributed by atoms with Gasteiger partial charge in [0.15, 0.2) is 0 Å². The summed E-state index contributed by atoms with van der Waals surface area (Å²) in [6.07, 6.45) is 6.12. The molecule has 1 aromatic rings. The Labute approximate surface area is 113 Å². The standard InChI is InChI=1S/C14H19ClN2O/c1-10(15)14(18)17-13-7-4-5-11(13)9-12-6-2-3-8-16-12/h2-3,6,8,10-11,13H,4-5,7,9H2,1H3,(H,17,18). The molecule has 1 heterocycles. The number of alkyl halides is 1. The van der Waals surface area contributed by atoms with Crippen LogP contribution in [0.3, 0.4) is 0 Å². The van der Waals surface area contributed by atoms with Crippen LogP contribution >= 0.6 is 11.6 Å². The SMILES string of the molecule is CC(Cl)C(=O)NC1CCCC1Cc1ccccn1. The third-order valence-electron chi connectivity index (χ3n) is 3.55. The van der Waals surface area contributed by atoms with Crippen molar-refractivity contribution in [2.24, 2.45) is 5.92 Å². The molecule has 98 valence electrons. The molecule has 1 fully saturated rings. The van der Waals surface area contributed by atoms with Crippen LogP contribution in [0, 0.1) is 5.92 Å². The van der Waals surface area contributed by atoms with Crippen molar-refractivity contribution in [2.45, 2.75) is 44.0 Å². The zero-order valence-electron chi connectivity index (χ0n) is 10.6. The average molecular weight is 267 g/mol. The number of hydrogen-bond donors (Lipinski definition) is 1. The van der Waals surface area contributed by atoms with Crippen LogP contribution in [0.2, 0.25) is 0 Å². The molecule has 0 spiro atoms. The maximum atomic E-state index is 11.6. The first kappa shape index (κ1) is 13.3. The lowest BCUT2D eigenvalue weighted by Crippen LogP contribution is -2.41. The number of nitrogens with one attached hydrogen (secondary N) is 1. The molecule has 0 saturated heterocycles. The predicted molar refractivity (Wildman–Crippen MR) is 72.5 cm³/mol. The number of halogens is 1. The molecule has 1 aliphatic carbocycles. The van der Waals surface area contributed by atoms with Crippen molar-refractivity contribution in [3.63, 3.8) is 0 Å². The molecule has 1 aromatic heterocycles. The second-order valence-electron chi connectivity index (χ2n) is 4.95. The average Bonchev–Trinajstić information content (AvgIpc) is 2.78. The maximum absolute atomic E-state index is 11.6. The lowest BCUT2D eigenvalue weighted by Gasteiger charge is -2.21. The van der Waals surface area contributed by atoms with Crippen LogP contribution in [0.15, 0.2) is 24.4 Å². The second kappa shape index (κ2) is 6.19. The summed E-state index contributed by atoms with van der Waals surface area (Å²) in [4.78, 5) is 16.0. The Bertz CT molecular complexity index is 394. The maximum Gasteiger partial charge on any atom is 0.237 e. The fourth-order valence-corrected chi connectivity index (χ4v) is 2.62. The number of carbonyl (C=O) groups excluding carboxylic acids is 1. The summed E-state index contributed by atoms with van der Waals surface area (Å²) in [6, 6.07) is 6.22. The van der Waals surface area contributed by atoms with Gasteiger partial charge >= 0.3 is 0 Å². The van der Waals surface area contributed by atoms with E-state index in [0.29, 0.717) is 5.92 Å². The number of aromatic nitrogens is 1. The van der Waals surface area contributed by atoms with Gasteiger partial charge in [0.25, 0.3) is 0 Å². The molecule has 2 rings (SSSR count). The number of nitrogens with zero attached hydrogens (tertiary/aromatic N) is 1. The molecule has 0 radical (unpaired) electrons. The van der Waals surface area contributed by atoms with Gasteiger partial charge in [0.2, 0.25) is 5.91 Å². The molecule has 1 N–H and O–H groups in total. The lowest BCUT2D eigenvalue weighted by molar-refractivity contribution is -0.121. The van der Waals surface area contributed by atoms with Crippen molar-refractivity contribution >= 4 is 17.5 Å². The predicted octanol–water partition coefficient (Wildman–Crippen LogP) is 2.54. The lowest BCUT2D eigenvalue weighted by atomic mass is 9.97. The summed E-state index contributed by atoms with van der Waals surface area (Å²) < 4.78 is 0. The van der Waals surface area contributed by atoms with Crippen molar-refractivity contribution in [3.8, 4) is 0 Å². The van der Waals surface area contributed by atoms with Gasteiger partial charge in [-0.15, -0.1) is 11.6 Å². The Balaban J connectivity index is 1.93. The highest BCUT2D eigenvalue weighted by Gasteiger charge is 2.29. The summed E-state index contributed by atoms with van der Waals surface area (Å²) >= 11 is 5.79. The molecular formula is C14H19ClN2O. The quantitative estimate of drug-likeness (QED) is 0.851. The van der Waals surface area contributed by atoms with Crippen molar-refractivity contribution in [1.29, 1.82) is 0 Å². The highest BCUT2D eigenvalue weighted by atomic mass is 35.5. The topological polar surface area (TPSA) is 42.0 Å². The number of amides is 1. The third kappa shape index (κ3) is 3.45. The van der Waals surface area contributed by atoms with E-state index in [1.165, 1.54) is 6.42 Å². The number of carbonyl (C=O) groups is 1. The first-order valence-electron chi connectivity index (χ1n) is 6.51.